The van der Waals surface area contributed by atoms with Gasteiger partial charge >= 0.3 is 12.1 Å². The predicted molar refractivity (Wildman–Crippen MR) is 57.3 cm³/mol. The average molecular weight is 279 g/mol. The maximum atomic E-state index is 12.0. The van der Waals surface area contributed by atoms with Crippen molar-refractivity contribution in [3.63, 3.8) is 0 Å². The highest BCUT2D eigenvalue weighted by atomic mass is 19.4. The molecule has 0 spiro atoms. The number of hydrogen-bond donors (Lipinski definition) is 3. The van der Waals surface area contributed by atoms with E-state index in [9.17, 15) is 22.8 Å². The zero-order valence-corrected chi connectivity index (χ0v) is 10.1. The molecule has 1 rings (SSSR count). The third-order valence-corrected chi connectivity index (χ3v) is 2.39. The number of alkyl halides is 3. The Bertz CT molecular complexity index is 476. The summed E-state index contributed by atoms with van der Waals surface area (Å²) in [6, 6.07) is -1.56. The highest BCUT2D eigenvalue weighted by molar-refractivity contribution is 5.85. The number of halogens is 3. The number of rotatable bonds is 4. The number of aromatic amines is 1. The fourth-order valence-corrected chi connectivity index (χ4v) is 1.64. The standard InChI is InChI=1S/C10H12F3N3O3/c1-4-7(5(2)16-15-4)8(9(18)19)14-6(17)3-10(11,12)13/h8H,3H2,1-2H3,(H,14,17)(H,15,16)(H,18,19)/t8-/m1/s1. The monoisotopic (exact) mass is 279 g/mol. The molecule has 3 N–H and O–H groups in total. The highest BCUT2D eigenvalue weighted by Crippen LogP contribution is 2.23. The van der Waals surface area contributed by atoms with Crippen LogP contribution in [-0.4, -0.2) is 33.4 Å². The first kappa shape index (κ1) is 15.0. The van der Waals surface area contributed by atoms with Crippen LogP contribution in [0, 0.1) is 13.8 Å². The van der Waals surface area contributed by atoms with Crippen molar-refractivity contribution in [2.45, 2.75) is 32.5 Å². The molecule has 0 aliphatic heterocycles. The van der Waals surface area contributed by atoms with Crippen molar-refractivity contribution in [3.05, 3.63) is 17.0 Å². The van der Waals surface area contributed by atoms with Gasteiger partial charge < -0.3 is 10.4 Å². The van der Waals surface area contributed by atoms with Crippen molar-refractivity contribution in [1.29, 1.82) is 0 Å². The van der Waals surface area contributed by atoms with E-state index in [1.807, 2.05) is 5.32 Å². The van der Waals surface area contributed by atoms with Crippen LogP contribution >= 0.6 is 0 Å². The van der Waals surface area contributed by atoms with Gasteiger partial charge in [0.2, 0.25) is 5.91 Å². The van der Waals surface area contributed by atoms with Gasteiger partial charge in [-0.05, 0) is 13.8 Å². The van der Waals surface area contributed by atoms with Crippen LogP contribution < -0.4 is 5.32 Å². The van der Waals surface area contributed by atoms with Gasteiger partial charge in [0.05, 0.1) is 5.69 Å². The Balaban J connectivity index is 2.92. The number of carboxylic acid groups (broad SMARTS) is 1. The second-order valence-electron chi connectivity index (χ2n) is 3.98. The molecular formula is C10H12F3N3O3. The summed E-state index contributed by atoms with van der Waals surface area (Å²) in [5.41, 5.74) is 0.831. The van der Waals surface area contributed by atoms with E-state index in [1.54, 1.807) is 0 Å². The van der Waals surface area contributed by atoms with E-state index in [0.29, 0.717) is 11.4 Å². The molecule has 1 aromatic heterocycles. The molecule has 1 atom stereocenters. The van der Waals surface area contributed by atoms with Gasteiger partial charge in [0.25, 0.3) is 0 Å². The molecule has 0 radical (unpaired) electrons. The van der Waals surface area contributed by atoms with Gasteiger partial charge in [-0.15, -0.1) is 0 Å². The number of amides is 1. The zero-order chi connectivity index (χ0) is 14.8. The van der Waals surface area contributed by atoms with Gasteiger partial charge in [-0.2, -0.15) is 18.3 Å². The first-order chi connectivity index (χ1) is 8.61. The summed E-state index contributed by atoms with van der Waals surface area (Å²) in [7, 11) is 0. The molecule has 0 aliphatic rings. The van der Waals surface area contributed by atoms with E-state index in [2.05, 4.69) is 10.2 Å². The van der Waals surface area contributed by atoms with Crippen LogP contribution in [0.4, 0.5) is 13.2 Å². The lowest BCUT2D eigenvalue weighted by atomic mass is 10.0. The normalized spacial score (nSPS) is 13.1. The summed E-state index contributed by atoms with van der Waals surface area (Å²) in [5, 5.41) is 17.1. The van der Waals surface area contributed by atoms with E-state index in [1.165, 1.54) is 13.8 Å². The Morgan fingerprint density at radius 2 is 2.00 bits per heavy atom. The van der Waals surface area contributed by atoms with Crippen LogP contribution in [0.15, 0.2) is 0 Å². The molecule has 0 unspecified atom stereocenters. The third kappa shape index (κ3) is 3.97. The number of H-pyrrole nitrogens is 1. The summed E-state index contributed by atoms with van der Waals surface area (Å²) < 4.78 is 36.1. The first-order valence-corrected chi connectivity index (χ1v) is 5.22. The van der Waals surface area contributed by atoms with Crippen molar-refractivity contribution in [2.24, 2.45) is 0 Å². The Morgan fingerprint density at radius 1 is 1.42 bits per heavy atom. The first-order valence-electron chi connectivity index (χ1n) is 5.22. The zero-order valence-electron chi connectivity index (χ0n) is 10.1. The average Bonchev–Trinajstić information content (AvgIpc) is 2.52. The minimum absolute atomic E-state index is 0.156. The minimum atomic E-state index is -4.69. The van der Waals surface area contributed by atoms with Crippen molar-refractivity contribution >= 4 is 11.9 Å². The topological polar surface area (TPSA) is 95.1 Å². The largest absolute Gasteiger partial charge is 0.479 e. The van der Waals surface area contributed by atoms with Gasteiger partial charge in [0.15, 0.2) is 6.04 Å². The van der Waals surface area contributed by atoms with Crippen molar-refractivity contribution < 1.29 is 27.9 Å². The van der Waals surface area contributed by atoms with Crippen LogP contribution in [0.1, 0.15) is 29.4 Å². The van der Waals surface area contributed by atoms with Crippen LogP contribution in [0.2, 0.25) is 0 Å². The number of hydrogen-bond acceptors (Lipinski definition) is 3. The lowest BCUT2D eigenvalue weighted by Gasteiger charge is -2.15. The van der Waals surface area contributed by atoms with E-state index in [-0.39, 0.29) is 5.56 Å². The fourth-order valence-electron chi connectivity index (χ4n) is 1.64. The SMILES string of the molecule is Cc1n[nH]c(C)c1[C@@H](NC(=O)CC(F)(F)F)C(=O)O. The van der Waals surface area contributed by atoms with Crippen LogP contribution in [0.3, 0.4) is 0 Å². The van der Waals surface area contributed by atoms with Crippen LogP contribution in [0.5, 0.6) is 0 Å². The molecule has 6 nitrogen and oxygen atoms in total. The Morgan fingerprint density at radius 3 is 2.37 bits per heavy atom. The summed E-state index contributed by atoms with van der Waals surface area (Å²) in [6.45, 7) is 3.01. The van der Waals surface area contributed by atoms with Crippen molar-refractivity contribution in [1.82, 2.24) is 15.5 Å². The molecule has 19 heavy (non-hydrogen) atoms. The van der Waals surface area contributed by atoms with Gasteiger partial charge in [-0.3, -0.25) is 9.89 Å². The molecule has 0 saturated heterocycles. The third-order valence-electron chi connectivity index (χ3n) is 2.39. The van der Waals surface area contributed by atoms with Crippen molar-refractivity contribution in [2.75, 3.05) is 0 Å². The lowest BCUT2D eigenvalue weighted by Crippen LogP contribution is -2.36. The second-order valence-corrected chi connectivity index (χ2v) is 3.98. The molecule has 106 valence electrons. The number of aliphatic carboxylic acids is 1. The Kier molecular flexibility index (Phi) is 4.17. The molecule has 1 amide bonds. The Labute approximate surface area is 106 Å². The summed E-state index contributed by atoms with van der Waals surface area (Å²) in [4.78, 5) is 22.2. The summed E-state index contributed by atoms with van der Waals surface area (Å²) in [6.07, 6.45) is -6.42. The van der Waals surface area contributed by atoms with Gasteiger partial charge in [0.1, 0.15) is 6.42 Å². The van der Waals surface area contributed by atoms with E-state index >= 15 is 0 Å². The maximum absolute atomic E-state index is 12.0. The Hall–Kier alpha value is -2.06. The number of aromatic nitrogens is 2. The van der Waals surface area contributed by atoms with Crippen LogP contribution in [-0.2, 0) is 9.59 Å². The molecule has 1 heterocycles. The lowest BCUT2D eigenvalue weighted by molar-refractivity contribution is -0.157. The van der Waals surface area contributed by atoms with Gasteiger partial charge in [0, 0.05) is 11.3 Å². The molecule has 0 saturated carbocycles. The number of carboxylic acids is 1. The maximum Gasteiger partial charge on any atom is 0.397 e. The van der Waals surface area contributed by atoms with E-state index in [0.717, 1.165) is 0 Å². The molecule has 0 bridgehead atoms. The van der Waals surface area contributed by atoms with Gasteiger partial charge in [-0.25, -0.2) is 4.79 Å². The number of nitrogens with zero attached hydrogens (tertiary/aromatic N) is 1. The van der Waals surface area contributed by atoms with Crippen LogP contribution in [0.25, 0.3) is 0 Å². The minimum Gasteiger partial charge on any atom is -0.479 e. The number of aryl methyl sites for hydroxylation is 2. The second kappa shape index (κ2) is 5.29. The number of carbonyl (C=O) groups is 2. The molecule has 0 aromatic carbocycles. The highest BCUT2D eigenvalue weighted by Gasteiger charge is 2.34. The summed E-state index contributed by atoms with van der Waals surface area (Å²) >= 11 is 0. The van der Waals surface area contributed by atoms with Crippen molar-refractivity contribution in [3.8, 4) is 0 Å². The molecule has 9 heteroatoms. The molecule has 0 fully saturated rings. The fraction of sp³-hybridized carbons (Fsp3) is 0.500. The summed E-state index contributed by atoms with van der Waals surface area (Å²) in [5.74, 6) is -2.86. The number of nitrogens with one attached hydrogen (secondary N) is 2. The molecule has 1 aromatic rings. The van der Waals surface area contributed by atoms with Gasteiger partial charge in [-0.1, -0.05) is 0 Å². The quantitative estimate of drug-likeness (QED) is 0.772. The number of carbonyl (C=O) groups excluding carboxylic acids is 1. The van der Waals surface area contributed by atoms with E-state index in [4.69, 9.17) is 5.11 Å². The molecular weight excluding hydrogens is 267 g/mol. The van der Waals surface area contributed by atoms with E-state index < -0.39 is 30.5 Å². The molecule has 0 aliphatic carbocycles. The smallest absolute Gasteiger partial charge is 0.397 e. The predicted octanol–water partition coefficient (Wildman–Crippen LogP) is 1.22.